The Kier molecular flexibility index (Phi) is 4.04. The third-order valence-corrected chi connectivity index (χ3v) is 5.24. The number of piperidine rings is 1. The molecule has 0 amide bonds. The second kappa shape index (κ2) is 5.76. The summed E-state index contributed by atoms with van der Waals surface area (Å²) in [6, 6.07) is 2.12. The summed E-state index contributed by atoms with van der Waals surface area (Å²) < 4.78 is 1.26. The van der Waals surface area contributed by atoms with Crippen molar-refractivity contribution in [1.29, 1.82) is 0 Å². The zero-order valence-corrected chi connectivity index (χ0v) is 13.4. The maximum atomic E-state index is 5.77. The van der Waals surface area contributed by atoms with E-state index in [4.69, 9.17) is 5.73 Å². The summed E-state index contributed by atoms with van der Waals surface area (Å²) in [4.78, 5) is 6.84. The number of anilines is 1. The second-order valence-electron chi connectivity index (χ2n) is 4.81. The van der Waals surface area contributed by atoms with Gasteiger partial charge in [-0.05, 0) is 54.0 Å². The minimum atomic E-state index is 0.567. The molecular weight excluding hydrogens is 373 g/mol. The lowest BCUT2D eigenvalue weighted by molar-refractivity contribution is 0.420. The van der Waals surface area contributed by atoms with E-state index in [1.807, 2.05) is 0 Å². The Morgan fingerprint density at radius 2 is 2.47 bits per heavy atom. The predicted octanol–water partition coefficient (Wildman–Crippen LogP) is 2.31. The quantitative estimate of drug-likeness (QED) is 0.791. The molecule has 1 saturated heterocycles. The van der Waals surface area contributed by atoms with Crippen LogP contribution in [0.4, 0.5) is 5.95 Å². The third kappa shape index (κ3) is 2.92. The Labute approximate surface area is 129 Å². The molecule has 2 aromatic heterocycles. The molecule has 1 atom stereocenters. The fraction of sp³-hybridized carbons (Fsp3) is 0.500. The normalized spacial score (nSPS) is 19.9. The fourth-order valence-corrected chi connectivity index (χ4v) is 3.73. The van der Waals surface area contributed by atoms with Crippen LogP contribution in [-0.4, -0.2) is 34.8 Å². The number of nitrogens with zero attached hydrogens (tertiary/aromatic N) is 3. The van der Waals surface area contributed by atoms with Crippen LogP contribution in [0.3, 0.4) is 0 Å². The Hall–Kier alpha value is -0.670. The first-order chi connectivity index (χ1) is 9.26. The van der Waals surface area contributed by atoms with Crippen molar-refractivity contribution in [2.75, 3.05) is 24.5 Å². The summed E-state index contributed by atoms with van der Waals surface area (Å²) >= 11 is 4.03. The average Bonchev–Trinajstić information content (AvgIpc) is 3.07. The molecule has 19 heavy (non-hydrogen) atoms. The summed E-state index contributed by atoms with van der Waals surface area (Å²) in [6.07, 6.45) is 2.38. The van der Waals surface area contributed by atoms with Crippen LogP contribution in [-0.2, 0) is 0 Å². The number of nitrogens with one attached hydrogen (secondary N) is 1. The van der Waals surface area contributed by atoms with E-state index in [-0.39, 0.29) is 0 Å². The van der Waals surface area contributed by atoms with E-state index in [1.54, 1.807) is 11.3 Å². The van der Waals surface area contributed by atoms with Gasteiger partial charge in [-0.3, -0.25) is 5.10 Å². The zero-order valence-electron chi connectivity index (χ0n) is 10.5. The van der Waals surface area contributed by atoms with Crippen molar-refractivity contribution in [2.45, 2.75) is 12.8 Å². The summed E-state index contributed by atoms with van der Waals surface area (Å²) in [5, 5.41) is 9.48. The standard InChI is InChI=1S/C12H16IN5S/c13-10-4-9(7-19-10)11-15-12(17-16-11)18-3-1-2-8(5-14)6-18/h4,7-8H,1-3,5-6,14H2,(H,15,16,17). The molecule has 7 heteroatoms. The Morgan fingerprint density at radius 3 is 3.21 bits per heavy atom. The number of H-pyrrole nitrogens is 1. The van der Waals surface area contributed by atoms with Crippen LogP contribution in [0, 0.1) is 8.80 Å². The van der Waals surface area contributed by atoms with Gasteiger partial charge in [0.1, 0.15) is 0 Å². The van der Waals surface area contributed by atoms with Crippen LogP contribution < -0.4 is 10.6 Å². The van der Waals surface area contributed by atoms with Crippen molar-refractivity contribution in [3.63, 3.8) is 0 Å². The Balaban J connectivity index is 1.77. The van der Waals surface area contributed by atoms with Gasteiger partial charge in [-0.1, -0.05) is 0 Å². The highest BCUT2D eigenvalue weighted by Crippen LogP contribution is 2.26. The molecule has 5 nitrogen and oxygen atoms in total. The number of aromatic amines is 1. The van der Waals surface area contributed by atoms with Crippen LogP contribution in [0.1, 0.15) is 12.8 Å². The highest BCUT2D eigenvalue weighted by atomic mass is 127. The molecule has 1 aliphatic rings. The molecular formula is C12H16IN5S. The molecule has 2 aromatic rings. The van der Waals surface area contributed by atoms with Crippen LogP contribution in [0.2, 0.25) is 0 Å². The summed E-state index contributed by atoms with van der Waals surface area (Å²) in [5.74, 6) is 2.22. The molecule has 0 aromatic carbocycles. The lowest BCUT2D eigenvalue weighted by atomic mass is 9.99. The smallest absolute Gasteiger partial charge is 0.245 e. The lowest BCUT2D eigenvalue weighted by Crippen LogP contribution is -2.38. The van der Waals surface area contributed by atoms with Gasteiger partial charge in [0.15, 0.2) is 5.82 Å². The lowest BCUT2D eigenvalue weighted by Gasteiger charge is -2.31. The molecule has 3 N–H and O–H groups in total. The first-order valence-corrected chi connectivity index (χ1v) is 8.34. The van der Waals surface area contributed by atoms with Crippen molar-refractivity contribution in [2.24, 2.45) is 11.7 Å². The minimum Gasteiger partial charge on any atom is -0.339 e. The van der Waals surface area contributed by atoms with Crippen molar-refractivity contribution < 1.29 is 0 Å². The topological polar surface area (TPSA) is 70.8 Å². The minimum absolute atomic E-state index is 0.567. The fourth-order valence-electron chi connectivity index (χ4n) is 2.40. The van der Waals surface area contributed by atoms with Crippen molar-refractivity contribution in [3.05, 3.63) is 14.3 Å². The molecule has 0 saturated carbocycles. The molecule has 102 valence electrons. The number of hydrogen-bond acceptors (Lipinski definition) is 5. The number of thiophene rings is 1. The van der Waals surface area contributed by atoms with E-state index in [0.29, 0.717) is 5.92 Å². The Morgan fingerprint density at radius 1 is 1.58 bits per heavy atom. The average molecular weight is 389 g/mol. The van der Waals surface area contributed by atoms with Gasteiger partial charge in [-0.25, -0.2) is 0 Å². The van der Waals surface area contributed by atoms with Crippen molar-refractivity contribution in [1.82, 2.24) is 15.2 Å². The van der Waals surface area contributed by atoms with E-state index >= 15 is 0 Å². The van der Waals surface area contributed by atoms with E-state index in [0.717, 1.165) is 37.0 Å². The number of hydrogen-bond donors (Lipinski definition) is 2. The van der Waals surface area contributed by atoms with Gasteiger partial charge in [0.25, 0.3) is 0 Å². The number of nitrogens with two attached hydrogens (primary N) is 1. The number of rotatable bonds is 3. The van der Waals surface area contributed by atoms with Gasteiger partial charge in [0.2, 0.25) is 5.95 Å². The van der Waals surface area contributed by atoms with E-state index in [9.17, 15) is 0 Å². The molecule has 1 fully saturated rings. The van der Waals surface area contributed by atoms with Crippen LogP contribution in [0.25, 0.3) is 11.4 Å². The monoisotopic (exact) mass is 389 g/mol. The highest BCUT2D eigenvalue weighted by molar-refractivity contribution is 14.1. The molecule has 1 aliphatic heterocycles. The van der Waals surface area contributed by atoms with Crippen molar-refractivity contribution in [3.8, 4) is 11.4 Å². The van der Waals surface area contributed by atoms with Gasteiger partial charge in [0, 0.05) is 24.0 Å². The van der Waals surface area contributed by atoms with Crippen LogP contribution in [0.15, 0.2) is 11.4 Å². The summed E-state index contributed by atoms with van der Waals surface area (Å²) in [7, 11) is 0. The second-order valence-corrected chi connectivity index (χ2v) is 7.62. The predicted molar refractivity (Wildman–Crippen MR) is 86.4 cm³/mol. The largest absolute Gasteiger partial charge is 0.339 e. The van der Waals surface area contributed by atoms with Crippen molar-refractivity contribution >= 4 is 39.9 Å². The first kappa shape index (κ1) is 13.3. The highest BCUT2D eigenvalue weighted by Gasteiger charge is 2.22. The maximum Gasteiger partial charge on any atom is 0.245 e. The molecule has 3 heterocycles. The van der Waals surface area contributed by atoms with E-state index < -0.39 is 0 Å². The van der Waals surface area contributed by atoms with Gasteiger partial charge < -0.3 is 10.6 Å². The van der Waals surface area contributed by atoms with E-state index in [1.165, 1.54) is 15.7 Å². The SMILES string of the molecule is NCC1CCCN(c2n[nH]c(-c3csc(I)c3)n2)C1. The van der Waals surface area contributed by atoms with Gasteiger partial charge in [0.05, 0.1) is 2.88 Å². The third-order valence-electron chi connectivity index (χ3n) is 3.45. The first-order valence-electron chi connectivity index (χ1n) is 6.38. The van der Waals surface area contributed by atoms with Gasteiger partial charge >= 0.3 is 0 Å². The zero-order chi connectivity index (χ0) is 13.2. The van der Waals surface area contributed by atoms with Gasteiger partial charge in [-0.15, -0.1) is 16.4 Å². The van der Waals surface area contributed by atoms with E-state index in [2.05, 4.69) is 54.1 Å². The van der Waals surface area contributed by atoms with Crippen LogP contribution in [0.5, 0.6) is 0 Å². The van der Waals surface area contributed by atoms with Gasteiger partial charge in [-0.2, -0.15) is 4.98 Å². The molecule has 0 aliphatic carbocycles. The van der Waals surface area contributed by atoms with Crippen LogP contribution >= 0.6 is 33.9 Å². The molecule has 1 unspecified atom stereocenters. The Bertz CT molecular complexity index is 552. The molecule has 0 bridgehead atoms. The molecule has 0 spiro atoms. The molecule has 3 rings (SSSR count). The molecule has 0 radical (unpaired) electrons. The number of aromatic nitrogens is 3. The number of halogens is 1. The summed E-state index contributed by atoms with van der Waals surface area (Å²) in [5.41, 5.74) is 6.88. The maximum absolute atomic E-state index is 5.77. The summed E-state index contributed by atoms with van der Waals surface area (Å²) in [6.45, 7) is 2.74.